The molecular formula is C20H28N2O3S. The number of rotatable bonds is 7. The van der Waals surface area contributed by atoms with E-state index >= 15 is 0 Å². The monoisotopic (exact) mass is 376 g/mol. The molecule has 1 aromatic heterocycles. The molecule has 0 aliphatic carbocycles. The molecule has 0 unspecified atom stereocenters. The number of piperazine rings is 1. The number of thiophene rings is 1. The minimum absolute atomic E-state index is 0.666. The largest absolute Gasteiger partial charge is 0.493 e. The second-order valence-electron chi connectivity index (χ2n) is 6.61. The summed E-state index contributed by atoms with van der Waals surface area (Å²) in [6, 6.07) is 6.32. The van der Waals surface area contributed by atoms with Crippen LogP contribution in [0, 0.1) is 6.92 Å². The zero-order chi connectivity index (χ0) is 18.5. The van der Waals surface area contributed by atoms with Crippen molar-refractivity contribution in [2.45, 2.75) is 20.0 Å². The van der Waals surface area contributed by atoms with Crippen molar-refractivity contribution in [3.63, 3.8) is 0 Å². The Hall–Kier alpha value is -1.76. The first-order chi connectivity index (χ1) is 12.6. The van der Waals surface area contributed by atoms with Gasteiger partial charge in [0.15, 0.2) is 11.5 Å². The number of nitrogens with zero attached hydrogens (tertiary/aromatic N) is 2. The summed E-state index contributed by atoms with van der Waals surface area (Å²) in [6.07, 6.45) is 0. The van der Waals surface area contributed by atoms with Gasteiger partial charge in [-0.25, -0.2) is 0 Å². The zero-order valence-electron chi connectivity index (χ0n) is 16.1. The van der Waals surface area contributed by atoms with E-state index in [1.807, 2.05) is 17.4 Å². The lowest BCUT2D eigenvalue weighted by molar-refractivity contribution is 0.121. The average Bonchev–Trinajstić information content (AvgIpc) is 3.07. The zero-order valence-corrected chi connectivity index (χ0v) is 16.9. The van der Waals surface area contributed by atoms with Crippen LogP contribution in [-0.4, -0.2) is 57.3 Å². The van der Waals surface area contributed by atoms with E-state index in [1.165, 1.54) is 10.4 Å². The van der Waals surface area contributed by atoms with Gasteiger partial charge in [0.25, 0.3) is 0 Å². The number of aryl methyl sites for hydroxylation is 1. The molecule has 26 heavy (non-hydrogen) atoms. The van der Waals surface area contributed by atoms with Gasteiger partial charge in [0.1, 0.15) is 0 Å². The lowest BCUT2D eigenvalue weighted by atomic mass is 10.1. The van der Waals surface area contributed by atoms with Gasteiger partial charge in [-0.3, -0.25) is 9.80 Å². The van der Waals surface area contributed by atoms with Crippen LogP contribution in [0.2, 0.25) is 0 Å². The Labute approximate surface area is 160 Å². The normalized spacial score (nSPS) is 15.8. The van der Waals surface area contributed by atoms with Gasteiger partial charge in [0, 0.05) is 49.7 Å². The fraction of sp³-hybridized carbons (Fsp3) is 0.500. The lowest BCUT2D eigenvalue weighted by Crippen LogP contribution is -2.45. The van der Waals surface area contributed by atoms with Gasteiger partial charge < -0.3 is 14.2 Å². The quantitative estimate of drug-likeness (QED) is 0.740. The summed E-state index contributed by atoms with van der Waals surface area (Å²) in [5.74, 6) is 2.13. The van der Waals surface area contributed by atoms with Gasteiger partial charge in [-0.15, -0.1) is 11.3 Å². The first kappa shape index (κ1) is 19.0. The third-order valence-electron chi connectivity index (χ3n) is 4.84. The van der Waals surface area contributed by atoms with Crippen molar-refractivity contribution in [2.75, 3.05) is 47.5 Å². The van der Waals surface area contributed by atoms with Crippen LogP contribution in [0.1, 0.15) is 16.0 Å². The molecule has 1 aliphatic heterocycles. The minimum Gasteiger partial charge on any atom is -0.493 e. The molecule has 0 atom stereocenters. The third-order valence-corrected chi connectivity index (χ3v) is 5.75. The van der Waals surface area contributed by atoms with E-state index in [-0.39, 0.29) is 0 Å². The number of benzene rings is 1. The molecule has 0 radical (unpaired) electrons. The Morgan fingerprint density at radius 3 is 2.08 bits per heavy atom. The summed E-state index contributed by atoms with van der Waals surface area (Å²) in [5, 5.41) is 2.27. The summed E-state index contributed by atoms with van der Waals surface area (Å²) in [7, 11) is 4.97. The predicted molar refractivity (Wildman–Crippen MR) is 106 cm³/mol. The summed E-state index contributed by atoms with van der Waals surface area (Å²) < 4.78 is 16.5. The highest BCUT2D eigenvalue weighted by molar-refractivity contribution is 7.10. The van der Waals surface area contributed by atoms with E-state index in [0.717, 1.165) is 50.6 Å². The second-order valence-corrected chi connectivity index (χ2v) is 7.73. The van der Waals surface area contributed by atoms with E-state index in [0.29, 0.717) is 11.5 Å². The smallest absolute Gasteiger partial charge is 0.203 e. The molecule has 3 rings (SSSR count). The molecule has 5 nitrogen and oxygen atoms in total. The molecule has 1 saturated heterocycles. The van der Waals surface area contributed by atoms with Crippen molar-refractivity contribution in [2.24, 2.45) is 0 Å². The van der Waals surface area contributed by atoms with Crippen LogP contribution in [0.4, 0.5) is 0 Å². The van der Waals surface area contributed by atoms with Crippen molar-refractivity contribution < 1.29 is 14.2 Å². The van der Waals surface area contributed by atoms with E-state index in [2.05, 4.69) is 34.2 Å². The maximum atomic E-state index is 5.61. The van der Waals surface area contributed by atoms with Crippen LogP contribution in [0.5, 0.6) is 17.2 Å². The molecule has 2 aromatic rings. The van der Waals surface area contributed by atoms with E-state index < -0.39 is 0 Å². The summed E-state index contributed by atoms with van der Waals surface area (Å²) in [6.45, 7) is 8.37. The van der Waals surface area contributed by atoms with Crippen LogP contribution in [-0.2, 0) is 13.1 Å². The van der Waals surface area contributed by atoms with Gasteiger partial charge in [-0.2, -0.15) is 0 Å². The maximum absolute atomic E-state index is 5.61. The molecule has 0 N–H and O–H groups in total. The summed E-state index contributed by atoms with van der Waals surface area (Å²) >= 11 is 1.83. The molecule has 1 fully saturated rings. The fourth-order valence-corrected chi connectivity index (χ4v) is 4.17. The average molecular weight is 377 g/mol. The maximum Gasteiger partial charge on any atom is 0.203 e. The molecule has 0 spiro atoms. The van der Waals surface area contributed by atoms with Gasteiger partial charge in [-0.05, 0) is 30.0 Å². The van der Waals surface area contributed by atoms with Crippen molar-refractivity contribution in [3.05, 3.63) is 39.6 Å². The first-order valence-corrected chi connectivity index (χ1v) is 9.79. The standard InChI is InChI=1S/C20H28N2O3S/c1-15-11-16(14-26-15)12-21-7-9-22(10-8-21)13-17-5-6-18(23-2)20(25-4)19(17)24-3/h5-6,11,14H,7-10,12-13H2,1-4H3. The molecule has 1 aliphatic rings. The molecule has 6 heteroatoms. The number of hydrogen-bond donors (Lipinski definition) is 0. The third kappa shape index (κ3) is 4.31. The molecule has 0 bridgehead atoms. The Bertz CT molecular complexity index is 724. The van der Waals surface area contributed by atoms with E-state index in [9.17, 15) is 0 Å². The van der Waals surface area contributed by atoms with E-state index in [4.69, 9.17) is 14.2 Å². The Balaban J connectivity index is 1.60. The number of methoxy groups -OCH3 is 3. The highest BCUT2D eigenvalue weighted by atomic mass is 32.1. The van der Waals surface area contributed by atoms with Crippen LogP contribution >= 0.6 is 11.3 Å². The molecule has 0 saturated carbocycles. The van der Waals surface area contributed by atoms with Crippen molar-refractivity contribution in [1.82, 2.24) is 9.80 Å². The van der Waals surface area contributed by atoms with Crippen LogP contribution in [0.3, 0.4) is 0 Å². The second kappa shape index (κ2) is 8.75. The van der Waals surface area contributed by atoms with Crippen molar-refractivity contribution in [1.29, 1.82) is 0 Å². The molecule has 142 valence electrons. The van der Waals surface area contributed by atoms with Crippen molar-refractivity contribution >= 4 is 11.3 Å². The fourth-order valence-electron chi connectivity index (χ4n) is 3.47. The molecule has 1 aromatic carbocycles. The predicted octanol–water partition coefficient (Wildman–Crippen LogP) is 3.40. The van der Waals surface area contributed by atoms with Crippen LogP contribution < -0.4 is 14.2 Å². The van der Waals surface area contributed by atoms with Crippen LogP contribution in [0.15, 0.2) is 23.6 Å². The van der Waals surface area contributed by atoms with Gasteiger partial charge in [-0.1, -0.05) is 6.07 Å². The van der Waals surface area contributed by atoms with Gasteiger partial charge in [0.05, 0.1) is 21.3 Å². The Kier molecular flexibility index (Phi) is 6.40. The SMILES string of the molecule is COc1ccc(CN2CCN(Cc3csc(C)c3)CC2)c(OC)c1OC. The highest BCUT2D eigenvalue weighted by Gasteiger charge is 2.21. The molecular weight excluding hydrogens is 348 g/mol. The van der Waals surface area contributed by atoms with Crippen LogP contribution in [0.25, 0.3) is 0 Å². The van der Waals surface area contributed by atoms with Gasteiger partial charge in [0.2, 0.25) is 5.75 Å². The number of hydrogen-bond acceptors (Lipinski definition) is 6. The Morgan fingerprint density at radius 2 is 1.54 bits per heavy atom. The summed E-state index contributed by atoms with van der Waals surface area (Å²) in [5.41, 5.74) is 2.56. The number of ether oxygens (including phenoxy) is 3. The highest BCUT2D eigenvalue weighted by Crippen LogP contribution is 2.40. The van der Waals surface area contributed by atoms with Crippen molar-refractivity contribution in [3.8, 4) is 17.2 Å². The lowest BCUT2D eigenvalue weighted by Gasteiger charge is -2.34. The topological polar surface area (TPSA) is 34.2 Å². The van der Waals surface area contributed by atoms with E-state index in [1.54, 1.807) is 21.3 Å². The Morgan fingerprint density at radius 1 is 0.885 bits per heavy atom. The minimum atomic E-state index is 0.666. The molecule has 2 heterocycles. The van der Waals surface area contributed by atoms with Gasteiger partial charge >= 0.3 is 0 Å². The molecule has 0 amide bonds. The first-order valence-electron chi connectivity index (χ1n) is 8.91. The summed E-state index contributed by atoms with van der Waals surface area (Å²) in [4.78, 5) is 6.39.